The summed E-state index contributed by atoms with van der Waals surface area (Å²) in [7, 11) is 0. The van der Waals surface area contributed by atoms with Gasteiger partial charge in [-0.2, -0.15) is 0 Å². The van der Waals surface area contributed by atoms with Crippen molar-refractivity contribution in [3.63, 3.8) is 0 Å². The van der Waals surface area contributed by atoms with Gasteiger partial charge < -0.3 is 5.32 Å². The Kier molecular flexibility index (Phi) is 4.38. The maximum atomic E-state index is 12.2. The number of carbonyl (C=O) groups excluding carboxylic acids is 1. The van der Waals surface area contributed by atoms with Crippen LogP contribution in [0.15, 0.2) is 52.1 Å². The van der Waals surface area contributed by atoms with Crippen LogP contribution in [0.5, 0.6) is 0 Å². The number of carbonyl (C=O) groups is 1. The van der Waals surface area contributed by atoms with Crippen LogP contribution in [0.25, 0.3) is 9.88 Å². The van der Waals surface area contributed by atoms with Crippen LogP contribution in [-0.2, 0) is 0 Å². The molecule has 2 heterocycles. The number of hydrogen-bond donors (Lipinski definition) is 1. The summed E-state index contributed by atoms with van der Waals surface area (Å²) >= 11 is 4.78. The highest BCUT2D eigenvalue weighted by Gasteiger charge is 2.12. The second-order valence-electron chi connectivity index (χ2n) is 4.20. The minimum atomic E-state index is -0.175. The Morgan fingerprint density at radius 2 is 2.00 bits per heavy atom. The van der Waals surface area contributed by atoms with E-state index >= 15 is 0 Å². The maximum Gasteiger partial charge on any atom is 0.275 e. The topological polar surface area (TPSA) is 42.0 Å². The third-order valence-electron chi connectivity index (χ3n) is 2.82. The molecule has 21 heavy (non-hydrogen) atoms. The van der Waals surface area contributed by atoms with Gasteiger partial charge in [0.1, 0.15) is 10.7 Å². The molecule has 0 aliphatic carbocycles. The quantitative estimate of drug-likeness (QED) is 0.695. The van der Waals surface area contributed by atoms with Gasteiger partial charge in [0, 0.05) is 16.0 Å². The third-order valence-corrected chi connectivity index (χ3v) is 5.44. The maximum absolute atomic E-state index is 12.2. The molecule has 0 fully saturated rings. The van der Waals surface area contributed by atoms with Gasteiger partial charge in [-0.3, -0.25) is 4.79 Å². The van der Waals surface area contributed by atoms with E-state index in [1.165, 1.54) is 16.2 Å². The Hall–Kier alpha value is -1.63. The van der Waals surface area contributed by atoms with Gasteiger partial charge in [-0.1, -0.05) is 6.07 Å². The zero-order chi connectivity index (χ0) is 14.7. The second kappa shape index (κ2) is 6.43. The Bertz CT molecular complexity index is 733. The summed E-state index contributed by atoms with van der Waals surface area (Å²) in [5.41, 5.74) is 1.24. The highest BCUT2D eigenvalue weighted by molar-refractivity contribution is 7.98. The van der Waals surface area contributed by atoms with Gasteiger partial charge in [-0.05, 0) is 42.0 Å². The molecule has 6 heteroatoms. The molecule has 0 aliphatic heterocycles. The average molecular weight is 332 g/mol. The zero-order valence-corrected chi connectivity index (χ0v) is 13.6. The summed E-state index contributed by atoms with van der Waals surface area (Å²) in [6.45, 7) is 0. The van der Waals surface area contributed by atoms with Crippen LogP contribution in [0.3, 0.4) is 0 Å². The molecule has 2 aromatic heterocycles. The van der Waals surface area contributed by atoms with E-state index in [1.54, 1.807) is 28.5 Å². The molecular weight excluding hydrogens is 320 g/mol. The second-order valence-corrected chi connectivity index (χ2v) is 6.88. The first kappa shape index (κ1) is 14.3. The van der Waals surface area contributed by atoms with Gasteiger partial charge in [0.2, 0.25) is 0 Å². The minimum absolute atomic E-state index is 0.175. The highest BCUT2D eigenvalue weighted by atomic mass is 32.2. The summed E-state index contributed by atoms with van der Waals surface area (Å²) < 4.78 is 0. The Balaban J connectivity index is 1.73. The van der Waals surface area contributed by atoms with Crippen LogP contribution >= 0.6 is 34.4 Å². The van der Waals surface area contributed by atoms with E-state index in [4.69, 9.17) is 0 Å². The van der Waals surface area contributed by atoms with Gasteiger partial charge in [-0.15, -0.1) is 34.4 Å². The molecule has 0 atom stereocenters. The molecule has 0 bridgehead atoms. The number of amides is 1. The monoisotopic (exact) mass is 332 g/mol. The SMILES string of the molecule is CSc1ccc(NC(=O)c2csc(-c3cccs3)n2)cc1. The number of thiazole rings is 1. The van der Waals surface area contributed by atoms with Crippen molar-refractivity contribution in [1.29, 1.82) is 0 Å². The molecule has 0 saturated carbocycles. The lowest BCUT2D eigenvalue weighted by atomic mass is 10.3. The number of nitrogens with zero attached hydrogens (tertiary/aromatic N) is 1. The normalized spacial score (nSPS) is 10.5. The zero-order valence-electron chi connectivity index (χ0n) is 11.2. The predicted octanol–water partition coefficient (Wildman–Crippen LogP) is 4.85. The summed E-state index contributed by atoms with van der Waals surface area (Å²) in [6.07, 6.45) is 2.02. The van der Waals surface area contributed by atoms with E-state index in [1.807, 2.05) is 48.0 Å². The summed E-state index contributed by atoms with van der Waals surface area (Å²) in [6, 6.07) is 11.8. The molecule has 3 nitrogen and oxygen atoms in total. The number of rotatable bonds is 4. The van der Waals surface area contributed by atoms with Crippen LogP contribution in [0.1, 0.15) is 10.5 Å². The van der Waals surface area contributed by atoms with Crippen LogP contribution in [-0.4, -0.2) is 17.1 Å². The van der Waals surface area contributed by atoms with Crippen molar-refractivity contribution in [2.75, 3.05) is 11.6 Å². The molecule has 0 unspecified atom stereocenters. The van der Waals surface area contributed by atoms with Gasteiger partial charge >= 0.3 is 0 Å². The van der Waals surface area contributed by atoms with E-state index in [2.05, 4.69) is 10.3 Å². The van der Waals surface area contributed by atoms with Crippen molar-refractivity contribution in [3.05, 3.63) is 52.9 Å². The van der Waals surface area contributed by atoms with Gasteiger partial charge in [0.05, 0.1) is 4.88 Å². The lowest BCUT2D eigenvalue weighted by Crippen LogP contribution is -2.12. The smallest absolute Gasteiger partial charge is 0.275 e. The molecule has 1 amide bonds. The van der Waals surface area contributed by atoms with E-state index in [9.17, 15) is 4.79 Å². The number of thiophene rings is 1. The molecule has 1 N–H and O–H groups in total. The predicted molar refractivity (Wildman–Crippen MR) is 91.6 cm³/mol. The van der Waals surface area contributed by atoms with Gasteiger partial charge in [0.25, 0.3) is 5.91 Å². The number of benzene rings is 1. The molecule has 106 valence electrons. The number of thioether (sulfide) groups is 1. The van der Waals surface area contributed by atoms with Crippen LogP contribution in [0.2, 0.25) is 0 Å². The number of hydrogen-bond acceptors (Lipinski definition) is 5. The summed E-state index contributed by atoms with van der Waals surface area (Å²) in [5, 5.41) is 7.55. The fourth-order valence-electron chi connectivity index (χ4n) is 1.76. The van der Waals surface area contributed by atoms with Gasteiger partial charge in [-0.25, -0.2) is 4.98 Å². The third kappa shape index (κ3) is 3.34. The van der Waals surface area contributed by atoms with Crippen molar-refractivity contribution in [3.8, 4) is 9.88 Å². The van der Waals surface area contributed by atoms with Crippen molar-refractivity contribution in [2.45, 2.75) is 4.90 Å². The fourth-order valence-corrected chi connectivity index (χ4v) is 3.78. The van der Waals surface area contributed by atoms with Gasteiger partial charge in [0.15, 0.2) is 0 Å². The molecule has 3 aromatic rings. The Morgan fingerprint density at radius 3 is 2.67 bits per heavy atom. The largest absolute Gasteiger partial charge is 0.321 e. The molecular formula is C15H12N2OS3. The van der Waals surface area contributed by atoms with E-state index in [-0.39, 0.29) is 5.91 Å². The average Bonchev–Trinajstić information content (AvgIpc) is 3.19. The minimum Gasteiger partial charge on any atom is -0.321 e. The van der Waals surface area contributed by atoms with Crippen molar-refractivity contribution < 1.29 is 4.79 Å². The van der Waals surface area contributed by atoms with Crippen molar-refractivity contribution in [1.82, 2.24) is 4.98 Å². The highest BCUT2D eigenvalue weighted by Crippen LogP contribution is 2.28. The number of aromatic nitrogens is 1. The Morgan fingerprint density at radius 1 is 1.19 bits per heavy atom. The van der Waals surface area contributed by atoms with Crippen LogP contribution < -0.4 is 5.32 Å². The lowest BCUT2D eigenvalue weighted by Gasteiger charge is -2.03. The van der Waals surface area contributed by atoms with Crippen LogP contribution in [0.4, 0.5) is 5.69 Å². The molecule has 0 aliphatic rings. The Labute approximate surface area is 135 Å². The van der Waals surface area contributed by atoms with Crippen molar-refractivity contribution in [2.24, 2.45) is 0 Å². The first-order valence-corrected chi connectivity index (χ1v) is 9.19. The first-order valence-electron chi connectivity index (χ1n) is 6.21. The summed E-state index contributed by atoms with van der Waals surface area (Å²) in [5.74, 6) is -0.175. The number of anilines is 1. The van der Waals surface area contributed by atoms with Crippen LogP contribution in [0, 0.1) is 0 Å². The first-order chi connectivity index (χ1) is 10.3. The molecule has 0 saturated heterocycles. The fraction of sp³-hybridized carbons (Fsp3) is 0.0667. The lowest BCUT2D eigenvalue weighted by molar-refractivity contribution is 0.102. The molecule has 0 radical (unpaired) electrons. The molecule has 3 rings (SSSR count). The molecule has 0 spiro atoms. The van der Waals surface area contributed by atoms with E-state index in [0.717, 1.165) is 15.6 Å². The number of nitrogens with one attached hydrogen (secondary N) is 1. The summed E-state index contributed by atoms with van der Waals surface area (Å²) in [4.78, 5) is 18.8. The van der Waals surface area contributed by atoms with E-state index in [0.29, 0.717) is 5.69 Å². The standard InChI is InChI=1S/C15H12N2OS3/c1-19-11-6-4-10(5-7-11)16-14(18)12-9-21-15(17-12)13-3-2-8-20-13/h2-9H,1H3,(H,16,18). The van der Waals surface area contributed by atoms with E-state index < -0.39 is 0 Å². The molecule has 1 aromatic carbocycles. The van der Waals surface area contributed by atoms with Crippen molar-refractivity contribution >= 4 is 46.0 Å².